The van der Waals surface area contributed by atoms with Crippen LogP contribution in [0.5, 0.6) is 5.75 Å². The van der Waals surface area contributed by atoms with Crippen LogP contribution in [0, 0.1) is 0 Å². The van der Waals surface area contributed by atoms with E-state index in [-0.39, 0.29) is 27.6 Å². The number of piperidine rings is 1. The summed E-state index contributed by atoms with van der Waals surface area (Å²) in [5.74, 6) is -0.337. The van der Waals surface area contributed by atoms with Crippen molar-refractivity contribution in [1.29, 1.82) is 0 Å². The highest BCUT2D eigenvalue weighted by Gasteiger charge is 2.27. The Labute approximate surface area is 215 Å². The lowest BCUT2D eigenvalue weighted by atomic mass is 10.0. The van der Waals surface area contributed by atoms with Gasteiger partial charge in [-0.3, -0.25) is 4.90 Å². The molecule has 1 aliphatic heterocycles. The topological polar surface area (TPSA) is 114 Å². The number of nitrogen functional groups attached to an aromatic ring is 1. The van der Waals surface area contributed by atoms with Gasteiger partial charge in [-0.1, -0.05) is 48.9 Å². The van der Waals surface area contributed by atoms with Gasteiger partial charge in [-0.2, -0.15) is 0 Å². The van der Waals surface area contributed by atoms with Crippen molar-refractivity contribution < 1.29 is 13.5 Å². The largest absolute Gasteiger partial charge is 0.504 e. The Kier molecular flexibility index (Phi) is 5.81. The van der Waals surface area contributed by atoms with E-state index >= 15 is 0 Å². The van der Waals surface area contributed by atoms with Gasteiger partial charge in [0.2, 0.25) is 0 Å². The molecule has 1 saturated heterocycles. The third-order valence-electron chi connectivity index (χ3n) is 7.03. The molecule has 0 amide bonds. The second-order valence-electron chi connectivity index (χ2n) is 9.46. The Hall–Kier alpha value is -3.95. The van der Waals surface area contributed by atoms with Gasteiger partial charge in [-0.25, -0.2) is 22.4 Å². The van der Waals surface area contributed by atoms with Crippen molar-refractivity contribution in [2.24, 2.45) is 0 Å². The molecule has 0 bridgehead atoms. The maximum absolute atomic E-state index is 13.7. The normalized spacial score (nSPS) is 14.9. The lowest BCUT2D eigenvalue weighted by molar-refractivity contribution is 0.221. The van der Waals surface area contributed by atoms with Crippen LogP contribution in [-0.2, 0) is 16.6 Å². The van der Waals surface area contributed by atoms with Crippen molar-refractivity contribution in [3.63, 3.8) is 0 Å². The van der Waals surface area contributed by atoms with Gasteiger partial charge in [0, 0.05) is 23.7 Å². The molecule has 0 saturated carbocycles. The summed E-state index contributed by atoms with van der Waals surface area (Å²) in [7, 11) is -4.02. The summed E-state index contributed by atoms with van der Waals surface area (Å²) < 4.78 is 28.4. The molecule has 2 aromatic carbocycles. The molecule has 188 valence electrons. The number of nitrogens with two attached hydrogens (primary N) is 1. The van der Waals surface area contributed by atoms with Crippen LogP contribution in [0.15, 0.2) is 78.0 Å². The average Bonchev–Trinajstić information content (AvgIpc) is 3.27. The minimum atomic E-state index is -4.02. The fraction of sp³-hybridized carbons (Fsp3) is 0.214. The molecular formula is C28H27N5O3S. The first-order valence-electron chi connectivity index (χ1n) is 12.3. The molecule has 3 aromatic heterocycles. The standard InChI is InChI=1S/C28H27N5O3S/c29-27-26(34)25-23-15-21(20-11-9-19(10-12-20)18-32-13-5-2-6-14-32)16-31-28(23)33(24(25)17-30-27)37(35,36)22-7-3-1-4-8-22/h1,3-4,7-12,15-17,34H,2,5-6,13-14,18H2,(H2,29,30). The summed E-state index contributed by atoms with van der Waals surface area (Å²) in [6.07, 6.45) is 6.84. The molecule has 0 radical (unpaired) electrons. The number of pyridine rings is 2. The SMILES string of the molecule is Nc1ncc2c(c1O)c1cc(-c3ccc(CN4CCCCC4)cc3)cnc1n2S(=O)(=O)c1ccccc1. The van der Waals surface area contributed by atoms with Crippen LogP contribution in [0.4, 0.5) is 5.82 Å². The van der Waals surface area contributed by atoms with E-state index in [1.807, 2.05) is 6.07 Å². The summed E-state index contributed by atoms with van der Waals surface area (Å²) in [5, 5.41) is 11.6. The van der Waals surface area contributed by atoms with E-state index in [4.69, 9.17) is 5.73 Å². The summed E-state index contributed by atoms with van der Waals surface area (Å²) in [6, 6.07) is 18.3. The van der Waals surface area contributed by atoms with Crippen LogP contribution >= 0.6 is 0 Å². The molecular weight excluding hydrogens is 486 g/mol. The fourth-order valence-electron chi connectivity index (χ4n) is 5.12. The number of likely N-dealkylation sites (tertiary alicyclic amines) is 1. The number of hydrogen-bond acceptors (Lipinski definition) is 7. The quantitative estimate of drug-likeness (QED) is 0.348. The smallest absolute Gasteiger partial charge is 0.269 e. The zero-order valence-electron chi connectivity index (χ0n) is 20.2. The lowest BCUT2D eigenvalue weighted by Crippen LogP contribution is -2.28. The van der Waals surface area contributed by atoms with Crippen molar-refractivity contribution in [3.05, 3.63) is 78.6 Å². The third-order valence-corrected chi connectivity index (χ3v) is 8.75. The predicted molar refractivity (Wildman–Crippen MR) is 145 cm³/mol. The molecule has 1 fully saturated rings. The van der Waals surface area contributed by atoms with Crippen molar-refractivity contribution in [2.45, 2.75) is 30.7 Å². The minimum absolute atomic E-state index is 0.0730. The van der Waals surface area contributed by atoms with Gasteiger partial charge in [-0.05, 0) is 55.3 Å². The number of aromatic nitrogens is 3. The zero-order valence-corrected chi connectivity index (χ0v) is 21.0. The number of fused-ring (bicyclic) bond motifs is 3. The van der Waals surface area contributed by atoms with Crippen LogP contribution in [0.2, 0.25) is 0 Å². The number of anilines is 1. The molecule has 6 rings (SSSR count). The van der Waals surface area contributed by atoms with Gasteiger partial charge in [0.25, 0.3) is 10.0 Å². The van der Waals surface area contributed by atoms with Crippen LogP contribution in [0.1, 0.15) is 24.8 Å². The number of hydrogen-bond donors (Lipinski definition) is 2. The Bertz CT molecular complexity index is 1710. The summed E-state index contributed by atoms with van der Waals surface area (Å²) >= 11 is 0. The maximum Gasteiger partial charge on any atom is 0.269 e. The van der Waals surface area contributed by atoms with E-state index in [9.17, 15) is 13.5 Å². The van der Waals surface area contributed by atoms with E-state index in [0.29, 0.717) is 10.8 Å². The average molecular weight is 514 g/mol. The summed E-state index contributed by atoms with van der Waals surface area (Å²) in [4.78, 5) is 11.2. The first-order chi connectivity index (χ1) is 17.9. The van der Waals surface area contributed by atoms with Crippen molar-refractivity contribution >= 4 is 37.8 Å². The van der Waals surface area contributed by atoms with Crippen LogP contribution in [0.3, 0.4) is 0 Å². The summed E-state index contributed by atoms with van der Waals surface area (Å²) in [5.41, 5.74) is 9.33. The van der Waals surface area contributed by atoms with Gasteiger partial charge in [0.1, 0.15) is 0 Å². The molecule has 0 atom stereocenters. The predicted octanol–water partition coefficient (Wildman–Crippen LogP) is 4.76. The second kappa shape index (κ2) is 9.17. The molecule has 5 aromatic rings. The molecule has 0 aliphatic carbocycles. The fourth-order valence-corrected chi connectivity index (χ4v) is 6.60. The highest BCUT2D eigenvalue weighted by Crippen LogP contribution is 2.39. The Balaban J connectivity index is 1.47. The second-order valence-corrected chi connectivity index (χ2v) is 11.3. The molecule has 0 unspecified atom stereocenters. The third kappa shape index (κ3) is 4.10. The Morgan fingerprint density at radius 3 is 2.35 bits per heavy atom. The monoisotopic (exact) mass is 513 g/mol. The van der Waals surface area contributed by atoms with Gasteiger partial charge >= 0.3 is 0 Å². The van der Waals surface area contributed by atoms with E-state index in [1.54, 1.807) is 24.4 Å². The maximum atomic E-state index is 13.7. The Morgan fingerprint density at radius 2 is 1.62 bits per heavy atom. The molecule has 9 heteroatoms. The number of benzene rings is 2. The highest BCUT2D eigenvalue weighted by atomic mass is 32.2. The number of aromatic hydroxyl groups is 1. The first kappa shape index (κ1) is 23.4. The molecule has 3 N–H and O–H groups in total. The zero-order chi connectivity index (χ0) is 25.6. The molecule has 0 spiro atoms. The number of rotatable bonds is 5. The van der Waals surface area contributed by atoms with Crippen LogP contribution in [0.25, 0.3) is 33.1 Å². The van der Waals surface area contributed by atoms with Crippen molar-refractivity contribution in [1.82, 2.24) is 18.8 Å². The molecule has 4 heterocycles. The van der Waals surface area contributed by atoms with Crippen LogP contribution < -0.4 is 5.73 Å². The molecule has 1 aliphatic rings. The van der Waals surface area contributed by atoms with Crippen LogP contribution in [-0.4, -0.2) is 45.5 Å². The minimum Gasteiger partial charge on any atom is -0.504 e. The van der Waals surface area contributed by atoms with E-state index < -0.39 is 10.0 Å². The number of nitrogens with zero attached hydrogens (tertiary/aromatic N) is 4. The van der Waals surface area contributed by atoms with Gasteiger partial charge in [0.05, 0.1) is 22.0 Å². The van der Waals surface area contributed by atoms with Crippen molar-refractivity contribution in [2.75, 3.05) is 18.8 Å². The molecule has 8 nitrogen and oxygen atoms in total. The van der Waals surface area contributed by atoms with E-state index in [1.165, 1.54) is 43.2 Å². The van der Waals surface area contributed by atoms with Gasteiger partial charge in [-0.15, -0.1) is 0 Å². The lowest BCUT2D eigenvalue weighted by Gasteiger charge is -2.26. The van der Waals surface area contributed by atoms with Gasteiger partial charge < -0.3 is 10.8 Å². The van der Waals surface area contributed by atoms with Gasteiger partial charge in [0.15, 0.2) is 17.2 Å². The van der Waals surface area contributed by atoms with E-state index in [0.717, 1.165) is 34.7 Å². The summed E-state index contributed by atoms with van der Waals surface area (Å²) in [6.45, 7) is 3.21. The highest BCUT2D eigenvalue weighted by molar-refractivity contribution is 7.90. The first-order valence-corrected chi connectivity index (χ1v) is 13.8. The van der Waals surface area contributed by atoms with E-state index in [2.05, 4.69) is 39.1 Å². The van der Waals surface area contributed by atoms with Crippen molar-refractivity contribution in [3.8, 4) is 16.9 Å². The Morgan fingerprint density at radius 1 is 0.892 bits per heavy atom. The molecule has 37 heavy (non-hydrogen) atoms.